The first-order chi connectivity index (χ1) is 9.11. The quantitative estimate of drug-likeness (QED) is 0.474. The number of rotatable bonds is 2. The summed E-state index contributed by atoms with van der Waals surface area (Å²) in [5.41, 5.74) is 1.60. The maximum absolute atomic E-state index is 12.2. The van der Waals surface area contributed by atoms with Gasteiger partial charge >= 0.3 is 5.97 Å². The van der Waals surface area contributed by atoms with Crippen LogP contribution >= 0.6 is 11.6 Å². The van der Waals surface area contributed by atoms with Crippen molar-refractivity contribution in [3.05, 3.63) is 40.4 Å². The van der Waals surface area contributed by atoms with E-state index in [1.54, 1.807) is 12.1 Å². The fraction of sp³-hybridized carbons (Fsp3) is 0.333. The molecule has 0 aromatic heterocycles. The van der Waals surface area contributed by atoms with Gasteiger partial charge in [-0.3, -0.25) is 9.59 Å². The summed E-state index contributed by atoms with van der Waals surface area (Å²) in [7, 11) is 1.31. The Hall–Kier alpha value is -1.61. The lowest BCUT2D eigenvalue weighted by molar-refractivity contribution is -0.149. The van der Waals surface area contributed by atoms with Crippen LogP contribution in [0.3, 0.4) is 0 Å². The minimum atomic E-state index is -0.641. The molecule has 2 rings (SSSR count). The molecule has 0 N–H and O–H groups in total. The number of hydrogen-bond donors (Lipinski definition) is 0. The van der Waals surface area contributed by atoms with Gasteiger partial charge in [0.15, 0.2) is 5.78 Å². The average Bonchev–Trinajstić information content (AvgIpc) is 2.43. The number of benzene rings is 1. The highest BCUT2D eigenvalue weighted by molar-refractivity contribution is 6.30. The fourth-order valence-corrected chi connectivity index (χ4v) is 2.37. The van der Waals surface area contributed by atoms with Gasteiger partial charge in [-0.1, -0.05) is 23.7 Å². The zero-order valence-corrected chi connectivity index (χ0v) is 11.4. The van der Waals surface area contributed by atoms with Crippen molar-refractivity contribution in [2.75, 3.05) is 7.11 Å². The second-order valence-corrected chi connectivity index (χ2v) is 4.99. The van der Waals surface area contributed by atoms with E-state index in [-0.39, 0.29) is 5.78 Å². The number of carbonyl (C=O) groups excluding carboxylic acids is 2. The summed E-state index contributed by atoms with van der Waals surface area (Å²) in [4.78, 5) is 23.7. The van der Waals surface area contributed by atoms with E-state index >= 15 is 0 Å². The summed E-state index contributed by atoms with van der Waals surface area (Å²) >= 11 is 5.82. The lowest BCUT2D eigenvalue weighted by Gasteiger charge is -2.20. The Kier molecular flexibility index (Phi) is 4.38. The van der Waals surface area contributed by atoms with E-state index in [0.29, 0.717) is 23.4 Å². The van der Waals surface area contributed by atoms with Crippen molar-refractivity contribution in [1.29, 1.82) is 0 Å². The minimum absolute atomic E-state index is 0.118. The lowest BCUT2D eigenvalue weighted by atomic mass is 9.83. The molecule has 0 heterocycles. The Morgan fingerprint density at radius 1 is 1.37 bits per heavy atom. The van der Waals surface area contributed by atoms with Crippen molar-refractivity contribution in [2.24, 2.45) is 5.92 Å². The first-order valence-corrected chi connectivity index (χ1v) is 6.58. The number of Topliss-reactive ketones (excluding diaryl/α,β-unsaturated/α-hetero) is 1. The van der Waals surface area contributed by atoms with Crippen molar-refractivity contribution in [3.8, 4) is 0 Å². The number of halogens is 1. The van der Waals surface area contributed by atoms with Gasteiger partial charge in [-0.25, -0.2) is 0 Å². The van der Waals surface area contributed by atoms with Crippen molar-refractivity contribution < 1.29 is 14.3 Å². The molecular formula is C15H15ClO3. The molecule has 4 heteroatoms. The molecule has 0 bridgehead atoms. The molecule has 3 nitrogen and oxygen atoms in total. The van der Waals surface area contributed by atoms with Crippen LogP contribution < -0.4 is 0 Å². The van der Waals surface area contributed by atoms with Crippen LogP contribution in [0.5, 0.6) is 0 Å². The van der Waals surface area contributed by atoms with Crippen LogP contribution in [0, 0.1) is 5.92 Å². The molecule has 0 amide bonds. The molecule has 19 heavy (non-hydrogen) atoms. The molecule has 1 aliphatic rings. The number of allylic oxidation sites excluding steroid dienone is 1. The number of carbonyl (C=O) groups is 2. The Labute approximate surface area is 117 Å². The number of ketones is 1. The van der Waals surface area contributed by atoms with E-state index in [1.807, 2.05) is 18.2 Å². The first kappa shape index (κ1) is 13.8. The molecule has 1 aromatic carbocycles. The van der Waals surface area contributed by atoms with E-state index in [2.05, 4.69) is 4.74 Å². The van der Waals surface area contributed by atoms with Gasteiger partial charge < -0.3 is 4.74 Å². The summed E-state index contributed by atoms with van der Waals surface area (Å²) in [6, 6.07) is 7.26. The molecule has 0 saturated heterocycles. The van der Waals surface area contributed by atoms with Gasteiger partial charge in [-0.05, 0) is 48.6 Å². The molecular weight excluding hydrogens is 264 g/mol. The van der Waals surface area contributed by atoms with Crippen LogP contribution in [-0.4, -0.2) is 18.9 Å². The lowest BCUT2D eigenvalue weighted by Crippen LogP contribution is -2.29. The average molecular weight is 279 g/mol. The number of esters is 1. The van der Waals surface area contributed by atoms with E-state index < -0.39 is 11.9 Å². The monoisotopic (exact) mass is 278 g/mol. The maximum atomic E-state index is 12.2. The first-order valence-electron chi connectivity index (χ1n) is 6.20. The maximum Gasteiger partial charge on any atom is 0.316 e. The van der Waals surface area contributed by atoms with Gasteiger partial charge in [0.2, 0.25) is 0 Å². The van der Waals surface area contributed by atoms with Gasteiger partial charge in [0.05, 0.1) is 7.11 Å². The summed E-state index contributed by atoms with van der Waals surface area (Å²) in [6.45, 7) is 0. The summed E-state index contributed by atoms with van der Waals surface area (Å²) in [6.07, 6.45) is 3.93. The Balaban J connectivity index is 2.22. The Morgan fingerprint density at radius 3 is 2.68 bits per heavy atom. The summed E-state index contributed by atoms with van der Waals surface area (Å²) in [5, 5.41) is 0.657. The third-order valence-electron chi connectivity index (χ3n) is 3.27. The number of hydrogen-bond acceptors (Lipinski definition) is 3. The van der Waals surface area contributed by atoms with E-state index in [4.69, 9.17) is 11.6 Å². The predicted molar refractivity (Wildman–Crippen MR) is 73.8 cm³/mol. The van der Waals surface area contributed by atoms with Crippen LogP contribution in [0.15, 0.2) is 29.8 Å². The molecule has 1 saturated carbocycles. The smallest absolute Gasteiger partial charge is 0.316 e. The van der Waals surface area contributed by atoms with Crippen LogP contribution in [0.4, 0.5) is 0 Å². The standard InChI is InChI=1S/C15H15ClO3/c1-19-15(18)13-4-2-3-11(14(13)17)9-10-5-7-12(16)8-6-10/h5-9,13H,2-4H2,1H3/b11-9+/t13-/m0/s1. The molecule has 0 radical (unpaired) electrons. The zero-order chi connectivity index (χ0) is 13.8. The Morgan fingerprint density at radius 2 is 2.05 bits per heavy atom. The van der Waals surface area contributed by atoms with Crippen LogP contribution in [0.25, 0.3) is 6.08 Å². The number of methoxy groups -OCH3 is 1. The van der Waals surface area contributed by atoms with Crippen molar-refractivity contribution in [2.45, 2.75) is 19.3 Å². The molecule has 1 aliphatic carbocycles. The van der Waals surface area contributed by atoms with Crippen LogP contribution in [0.2, 0.25) is 5.02 Å². The summed E-state index contributed by atoms with van der Waals surface area (Å²) in [5.74, 6) is -1.20. The van der Waals surface area contributed by atoms with Crippen molar-refractivity contribution in [3.63, 3.8) is 0 Å². The Bertz CT molecular complexity index is 517. The predicted octanol–water partition coefficient (Wildman–Crippen LogP) is 3.27. The van der Waals surface area contributed by atoms with Gasteiger partial charge in [0, 0.05) is 5.02 Å². The highest BCUT2D eigenvalue weighted by Crippen LogP contribution is 2.28. The molecule has 0 unspecified atom stereocenters. The van der Waals surface area contributed by atoms with E-state index in [1.165, 1.54) is 7.11 Å². The molecule has 0 aliphatic heterocycles. The largest absolute Gasteiger partial charge is 0.468 e. The van der Waals surface area contributed by atoms with Crippen LogP contribution in [0.1, 0.15) is 24.8 Å². The van der Waals surface area contributed by atoms with Crippen LogP contribution in [-0.2, 0) is 14.3 Å². The van der Waals surface area contributed by atoms with Crippen molar-refractivity contribution in [1.82, 2.24) is 0 Å². The molecule has 0 spiro atoms. The fourth-order valence-electron chi connectivity index (χ4n) is 2.25. The molecule has 1 fully saturated rings. The van der Waals surface area contributed by atoms with Gasteiger partial charge in [0.25, 0.3) is 0 Å². The second-order valence-electron chi connectivity index (χ2n) is 4.55. The van der Waals surface area contributed by atoms with Gasteiger partial charge in [0.1, 0.15) is 5.92 Å². The second kappa shape index (κ2) is 6.02. The highest BCUT2D eigenvalue weighted by Gasteiger charge is 2.32. The highest BCUT2D eigenvalue weighted by atomic mass is 35.5. The minimum Gasteiger partial charge on any atom is -0.468 e. The van der Waals surface area contributed by atoms with Crippen molar-refractivity contribution >= 4 is 29.4 Å². The molecule has 1 atom stereocenters. The van der Waals surface area contributed by atoms with Gasteiger partial charge in [-0.15, -0.1) is 0 Å². The third-order valence-corrected chi connectivity index (χ3v) is 3.52. The van der Waals surface area contributed by atoms with Gasteiger partial charge in [-0.2, -0.15) is 0 Å². The molecule has 100 valence electrons. The number of ether oxygens (including phenoxy) is 1. The topological polar surface area (TPSA) is 43.4 Å². The summed E-state index contributed by atoms with van der Waals surface area (Å²) < 4.78 is 4.67. The molecule has 1 aromatic rings. The van der Waals surface area contributed by atoms with E-state index in [9.17, 15) is 9.59 Å². The normalized spacial score (nSPS) is 21.5. The third kappa shape index (κ3) is 3.24. The SMILES string of the molecule is COC(=O)[C@H]1CCC/C(=C\c2ccc(Cl)cc2)C1=O. The van der Waals surface area contributed by atoms with E-state index in [0.717, 1.165) is 12.0 Å². The zero-order valence-electron chi connectivity index (χ0n) is 10.7.